The van der Waals surface area contributed by atoms with Crippen LogP contribution in [0.2, 0.25) is 0 Å². The molecule has 1 unspecified atom stereocenters. The first kappa shape index (κ1) is 7.75. The Morgan fingerprint density at radius 2 is 2.21 bits per heavy atom. The third-order valence-electron chi connectivity index (χ3n) is 2.13. The Labute approximate surface area is 82.0 Å². The van der Waals surface area contributed by atoms with Crippen molar-refractivity contribution in [2.75, 3.05) is 0 Å². The van der Waals surface area contributed by atoms with Gasteiger partial charge in [0.1, 0.15) is 6.34 Å². The van der Waals surface area contributed by atoms with Gasteiger partial charge in [0, 0.05) is 11.4 Å². The van der Waals surface area contributed by atoms with Gasteiger partial charge in [0.15, 0.2) is 11.0 Å². The number of nitrogens with zero attached hydrogens (tertiary/aromatic N) is 3. The highest BCUT2D eigenvalue weighted by Gasteiger charge is 2.11. The molecule has 1 atom stereocenters. The molecular formula is C9H5N3OS. The molecular weight excluding hydrogens is 198 g/mol. The summed E-state index contributed by atoms with van der Waals surface area (Å²) in [5.41, 5.74) is 0.826. The zero-order valence-electron chi connectivity index (χ0n) is 7.04. The molecule has 3 rings (SSSR count). The molecule has 1 aromatic rings. The minimum Gasteiger partial charge on any atom is -0.235 e. The van der Waals surface area contributed by atoms with Crippen molar-refractivity contribution in [1.29, 1.82) is 0 Å². The molecule has 0 aliphatic carbocycles. The quantitative estimate of drug-likeness (QED) is 0.579. The highest BCUT2D eigenvalue weighted by atomic mass is 32.2. The summed E-state index contributed by atoms with van der Waals surface area (Å²) in [6.45, 7) is 0. The highest BCUT2D eigenvalue weighted by molar-refractivity contribution is 7.84. The van der Waals surface area contributed by atoms with Crippen molar-refractivity contribution >= 4 is 35.3 Å². The summed E-state index contributed by atoms with van der Waals surface area (Å²) in [6.07, 6.45) is 4.87. The molecule has 0 radical (unpaired) electrons. The van der Waals surface area contributed by atoms with E-state index in [1.807, 2.05) is 12.1 Å². The van der Waals surface area contributed by atoms with E-state index in [4.69, 9.17) is 0 Å². The summed E-state index contributed by atoms with van der Waals surface area (Å²) in [6, 6.07) is 3.60. The second kappa shape index (κ2) is 2.68. The Bertz CT molecular complexity index is 616. The van der Waals surface area contributed by atoms with Crippen LogP contribution in [0.15, 0.2) is 31.4 Å². The standard InChI is InChI=1S/C9H5N3OS/c13-14-8-2-1-7-9(11-5-10-7)6(8)3-4-12-14/h1-5H. The van der Waals surface area contributed by atoms with E-state index in [1.54, 1.807) is 12.3 Å². The third kappa shape index (κ3) is 0.927. The van der Waals surface area contributed by atoms with Crippen molar-refractivity contribution in [3.8, 4) is 0 Å². The Hall–Kier alpha value is -1.62. The number of hydrogen-bond donors (Lipinski definition) is 0. The SMILES string of the molecule is O=S1N=CC=c2c1ccc1c2=NC=N1. The van der Waals surface area contributed by atoms with E-state index in [2.05, 4.69) is 14.4 Å². The normalized spacial score (nSPS) is 21.0. The summed E-state index contributed by atoms with van der Waals surface area (Å²) in [5.74, 6) is 0. The summed E-state index contributed by atoms with van der Waals surface area (Å²) in [5, 5.41) is 1.66. The number of rotatable bonds is 0. The number of aliphatic imine (C=N–C) groups is 1. The van der Waals surface area contributed by atoms with E-state index < -0.39 is 11.0 Å². The molecule has 2 heterocycles. The highest BCUT2D eigenvalue weighted by Crippen LogP contribution is 2.10. The van der Waals surface area contributed by atoms with Crippen molar-refractivity contribution < 1.29 is 4.21 Å². The van der Waals surface area contributed by atoms with Crippen molar-refractivity contribution in [3.05, 3.63) is 22.7 Å². The maximum Gasteiger partial charge on any atom is 0.173 e. The Balaban J connectivity index is 2.53. The van der Waals surface area contributed by atoms with Gasteiger partial charge in [0.2, 0.25) is 0 Å². The zero-order valence-corrected chi connectivity index (χ0v) is 7.86. The minimum absolute atomic E-state index is 0.709. The Morgan fingerprint density at radius 1 is 1.29 bits per heavy atom. The predicted molar refractivity (Wildman–Crippen MR) is 54.7 cm³/mol. The smallest absolute Gasteiger partial charge is 0.173 e. The van der Waals surface area contributed by atoms with Crippen LogP contribution >= 0.6 is 0 Å². The van der Waals surface area contributed by atoms with Crippen LogP contribution in [0.1, 0.15) is 0 Å². The summed E-state index contributed by atoms with van der Waals surface area (Å²) in [7, 11) is -1.28. The largest absolute Gasteiger partial charge is 0.235 e. The topological polar surface area (TPSA) is 54.1 Å². The van der Waals surface area contributed by atoms with Crippen LogP contribution in [0.5, 0.6) is 0 Å². The lowest BCUT2D eigenvalue weighted by Crippen LogP contribution is -2.29. The maximum atomic E-state index is 11.5. The fourth-order valence-corrected chi connectivity index (χ4v) is 2.32. The van der Waals surface area contributed by atoms with Crippen LogP contribution in [-0.2, 0) is 11.0 Å². The van der Waals surface area contributed by atoms with Gasteiger partial charge < -0.3 is 0 Å². The third-order valence-corrected chi connectivity index (χ3v) is 3.17. The molecule has 0 saturated heterocycles. The van der Waals surface area contributed by atoms with E-state index >= 15 is 0 Å². The molecule has 68 valence electrons. The molecule has 2 aliphatic heterocycles. The fourth-order valence-electron chi connectivity index (χ4n) is 1.50. The van der Waals surface area contributed by atoms with E-state index in [-0.39, 0.29) is 0 Å². The van der Waals surface area contributed by atoms with Crippen LogP contribution in [0, 0.1) is 0 Å². The maximum absolute atomic E-state index is 11.5. The van der Waals surface area contributed by atoms with Crippen molar-refractivity contribution in [1.82, 2.24) is 0 Å². The minimum atomic E-state index is -1.28. The molecule has 0 aromatic heterocycles. The van der Waals surface area contributed by atoms with Gasteiger partial charge in [-0.2, -0.15) is 4.40 Å². The van der Waals surface area contributed by atoms with Crippen molar-refractivity contribution in [2.24, 2.45) is 14.4 Å². The van der Waals surface area contributed by atoms with Crippen molar-refractivity contribution in [2.45, 2.75) is 4.90 Å². The van der Waals surface area contributed by atoms with Gasteiger partial charge in [0.25, 0.3) is 0 Å². The van der Waals surface area contributed by atoms with Gasteiger partial charge in [-0.05, 0) is 18.2 Å². The summed E-state index contributed by atoms with van der Waals surface area (Å²) < 4.78 is 15.3. The Kier molecular flexibility index (Phi) is 1.49. The monoisotopic (exact) mass is 203 g/mol. The van der Waals surface area contributed by atoms with E-state index in [1.165, 1.54) is 6.34 Å². The van der Waals surface area contributed by atoms with Crippen LogP contribution < -0.4 is 10.6 Å². The second-order valence-corrected chi connectivity index (χ2v) is 4.04. The average molecular weight is 203 g/mol. The molecule has 0 amide bonds. The van der Waals surface area contributed by atoms with Crippen LogP contribution in [0.4, 0.5) is 5.69 Å². The van der Waals surface area contributed by atoms with Gasteiger partial charge in [0.05, 0.1) is 15.9 Å². The van der Waals surface area contributed by atoms with Gasteiger partial charge in [-0.3, -0.25) is 0 Å². The number of fused-ring (bicyclic) bond motifs is 3. The second-order valence-electron chi connectivity index (χ2n) is 2.89. The summed E-state index contributed by atoms with van der Waals surface area (Å²) >= 11 is 0. The van der Waals surface area contributed by atoms with Crippen LogP contribution in [-0.4, -0.2) is 16.8 Å². The molecule has 0 spiro atoms. The van der Waals surface area contributed by atoms with Gasteiger partial charge in [-0.15, -0.1) is 0 Å². The molecule has 0 fully saturated rings. The van der Waals surface area contributed by atoms with E-state index in [0.717, 1.165) is 16.3 Å². The number of benzene rings is 1. The molecule has 2 aliphatic rings. The van der Waals surface area contributed by atoms with Crippen molar-refractivity contribution in [3.63, 3.8) is 0 Å². The van der Waals surface area contributed by atoms with Crippen LogP contribution in [0.3, 0.4) is 0 Å². The fraction of sp³-hybridized carbons (Fsp3) is 0. The molecule has 1 aromatic carbocycles. The Morgan fingerprint density at radius 3 is 3.14 bits per heavy atom. The molecule has 5 heteroatoms. The first-order chi connectivity index (χ1) is 6.86. The predicted octanol–water partition coefficient (Wildman–Crippen LogP) is -0.133. The van der Waals surface area contributed by atoms with Crippen LogP contribution in [0.25, 0.3) is 6.08 Å². The molecule has 0 bridgehead atoms. The lowest BCUT2D eigenvalue weighted by atomic mass is 10.2. The molecule has 14 heavy (non-hydrogen) atoms. The van der Waals surface area contributed by atoms with Gasteiger partial charge in [-0.1, -0.05) is 0 Å². The average Bonchev–Trinajstić information content (AvgIpc) is 2.66. The lowest BCUT2D eigenvalue weighted by Gasteiger charge is -2.02. The van der Waals surface area contributed by atoms with Gasteiger partial charge >= 0.3 is 0 Å². The van der Waals surface area contributed by atoms with E-state index in [9.17, 15) is 4.21 Å². The van der Waals surface area contributed by atoms with E-state index in [0.29, 0.717) is 4.90 Å². The van der Waals surface area contributed by atoms with Gasteiger partial charge in [-0.25, -0.2) is 14.2 Å². The first-order valence-corrected chi connectivity index (χ1v) is 5.16. The zero-order chi connectivity index (χ0) is 9.54. The molecule has 4 nitrogen and oxygen atoms in total. The molecule has 0 saturated carbocycles. The molecule has 0 N–H and O–H groups in total. The summed E-state index contributed by atoms with van der Waals surface area (Å²) in [4.78, 5) is 8.91. The number of hydrogen-bond acceptors (Lipinski definition) is 3. The first-order valence-electron chi connectivity index (χ1n) is 4.06. The lowest BCUT2D eigenvalue weighted by molar-refractivity contribution is 0.684.